The number of nitrogens with zero attached hydrogens (tertiary/aromatic N) is 2. The second-order valence-corrected chi connectivity index (χ2v) is 7.96. The number of thiophene rings is 1. The van der Waals surface area contributed by atoms with Crippen molar-refractivity contribution in [2.75, 3.05) is 0 Å². The first-order valence-corrected chi connectivity index (χ1v) is 9.55. The number of benzene rings is 1. The molecule has 1 unspecified atom stereocenters. The summed E-state index contributed by atoms with van der Waals surface area (Å²) in [6.45, 7) is 5.03. The van der Waals surface area contributed by atoms with Gasteiger partial charge in [-0.3, -0.25) is 9.36 Å². The average Bonchev–Trinajstić information content (AvgIpc) is 2.96. The number of aromatic nitrogens is 2. The van der Waals surface area contributed by atoms with Gasteiger partial charge in [0.25, 0.3) is 5.56 Å². The topological polar surface area (TPSA) is 34.9 Å². The Morgan fingerprint density at radius 3 is 2.75 bits per heavy atom. The van der Waals surface area contributed by atoms with Gasteiger partial charge in [-0.15, -0.1) is 11.3 Å². The Bertz CT molecular complexity index is 937. The fourth-order valence-corrected chi connectivity index (χ4v) is 4.90. The van der Waals surface area contributed by atoms with Crippen LogP contribution in [0.15, 0.2) is 35.4 Å². The van der Waals surface area contributed by atoms with Gasteiger partial charge < -0.3 is 0 Å². The summed E-state index contributed by atoms with van der Waals surface area (Å²) in [6.07, 6.45) is 6.03. The third-order valence-electron chi connectivity index (χ3n) is 5.07. The van der Waals surface area contributed by atoms with Crippen LogP contribution in [0.4, 0.5) is 0 Å². The average molecular weight is 338 g/mol. The smallest absolute Gasteiger partial charge is 0.262 e. The van der Waals surface area contributed by atoms with Gasteiger partial charge in [0, 0.05) is 4.88 Å². The van der Waals surface area contributed by atoms with E-state index in [0.29, 0.717) is 12.5 Å². The maximum Gasteiger partial charge on any atom is 0.262 e. The van der Waals surface area contributed by atoms with Crippen molar-refractivity contribution in [2.45, 2.75) is 46.1 Å². The van der Waals surface area contributed by atoms with Crippen molar-refractivity contribution in [3.8, 4) is 0 Å². The van der Waals surface area contributed by atoms with E-state index in [1.165, 1.54) is 22.4 Å². The largest absolute Gasteiger partial charge is 0.294 e. The molecule has 0 saturated carbocycles. The molecule has 24 heavy (non-hydrogen) atoms. The minimum absolute atomic E-state index is 0.117. The Balaban J connectivity index is 1.74. The molecule has 124 valence electrons. The van der Waals surface area contributed by atoms with E-state index in [-0.39, 0.29) is 5.56 Å². The second kappa shape index (κ2) is 6.17. The summed E-state index contributed by atoms with van der Waals surface area (Å²) in [5.74, 6) is 0.713. The van der Waals surface area contributed by atoms with Gasteiger partial charge in [0.2, 0.25) is 0 Å². The maximum absolute atomic E-state index is 13.0. The third kappa shape index (κ3) is 2.69. The Kier molecular flexibility index (Phi) is 4.01. The molecule has 0 saturated heterocycles. The minimum Gasteiger partial charge on any atom is -0.294 e. The van der Waals surface area contributed by atoms with Gasteiger partial charge in [-0.1, -0.05) is 38.1 Å². The standard InChI is InChI=1S/C20H22N2OS/c1-3-14-5-7-15(8-6-14)11-22-12-21-19-18(20(22)23)16-9-4-13(2)10-17(16)24-19/h5-8,12-13H,3-4,9-11H2,1-2H3. The number of aryl methyl sites for hydroxylation is 2. The van der Waals surface area contributed by atoms with Crippen LogP contribution in [-0.2, 0) is 25.8 Å². The molecule has 4 heteroatoms. The van der Waals surface area contributed by atoms with Crippen LogP contribution < -0.4 is 5.56 Å². The van der Waals surface area contributed by atoms with E-state index >= 15 is 0 Å². The van der Waals surface area contributed by atoms with Gasteiger partial charge in [-0.05, 0) is 48.3 Å². The SMILES string of the molecule is CCc1ccc(Cn2cnc3sc4c(c3c2=O)CCC(C)C4)cc1. The first-order chi connectivity index (χ1) is 11.7. The molecule has 0 spiro atoms. The normalized spacial score (nSPS) is 17.2. The van der Waals surface area contributed by atoms with E-state index in [1.54, 1.807) is 22.2 Å². The van der Waals surface area contributed by atoms with Crippen LogP contribution in [0.3, 0.4) is 0 Å². The van der Waals surface area contributed by atoms with Crippen LogP contribution in [0.25, 0.3) is 10.2 Å². The molecule has 4 rings (SSSR count). The summed E-state index contributed by atoms with van der Waals surface area (Å²) in [6, 6.07) is 8.50. The lowest BCUT2D eigenvalue weighted by atomic mass is 9.89. The van der Waals surface area contributed by atoms with Crippen molar-refractivity contribution >= 4 is 21.6 Å². The minimum atomic E-state index is 0.117. The number of fused-ring (bicyclic) bond motifs is 3. The van der Waals surface area contributed by atoms with E-state index in [2.05, 4.69) is 43.1 Å². The molecule has 1 aromatic carbocycles. The van der Waals surface area contributed by atoms with Gasteiger partial charge in [0.15, 0.2) is 0 Å². The van der Waals surface area contributed by atoms with Crippen LogP contribution in [0.5, 0.6) is 0 Å². The highest BCUT2D eigenvalue weighted by Gasteiger charge is 2.23. The van der Waals surface area contributed by atoms with Gasteiger partial charge in [0.05, 0.1) is 18.3 Å². The molecule has 0 N–H and O–H groups in total. The molecule has 1 aliphatic rings. The van der Waals surface area contributed by atoms with Crippen LogP contribution in [-0.4, -0.2) is 9.55 Å². The van der Waals surface area contributed by atoms with Crippen molar-refractivity contribution in [3.05, 3.63) is 62.5 Å². The molecule has 3 nitrogen and oxygen atoms in total. The Hall–Kier alpha value is -1.94. The van der Waals surface area contributed by atoms with E-state index < -0.39 is 0 Å². The highest BCUT2D eigenvalue weighted by Crippen LogP contribution is 2.35. The van der Waals surface area contributed by atoms with Crippen molar-refractivity contribution in [1.29, 1.82) is 0 Å². The molecule has 0 amide bonds. The molecule has 0 bridgehead atoms. The quantitative estimate of drug-likeness (QED) is 0.717. The zero-order valence-corrected chi connectivity index (χ0v) is 15.0. The van der Waals surface area contributed by atoms with Crippen molar-refractivity contribution < 1.29 is 0 Å². The summed E-state index contributed by atoms with van der Waals surface area (Å²) in [4.78, 5) is 19.9. The van der Waals surface area contributed by atoms with Crippen LogP contribution >= 0.6 is 11.3 Å². The summed E-state index contributed by atoms with van der Waals surface area (Å²) in [7, 11) is 0. The lowest BCUT2D eigenvalue weighted by Crippen LogP contribution is -2.22. The van der Waals surface area contributed by atoms with Crippen molar-refractivity contribution in [2.24, 2.45) is 5.92 Å². The predicted molar refractivity (Wildman–Crippen MR) is 100.0 cm³/mol. The molecule has 2 aromatic heterocycles. The van der Waals surface area contributed by atoms with Crippen molar-refractivity contribution in [1.82, 2.24) is 9.55 Å². The summed E-state index contributed by atoms with van der Waals surface area (Å²) < 4.78 is 1.76. The second-order valence-electron chi connectivity index (χ2n) is 6.88. The first kappa shape index (κ1) is 15.6. The van der Waals surface area contributed by atoms with Gasteiger partial charge in [-0.2, -0.15) is 0 Å². The number of hydrogen-bond donors (Lipinski definition) is 0. The van der Waals surface area contributed by atoms with Crippen LogP contribution in [0.1, 0.15) is 41.8 Å². The molecular weight excluding hydrogens is 316 g/mol. The molecule has 1 atom stereocenters. The number of hydrogen-bond acceptors (Lipinski definition) is 3. The van der Waals surface area contributed by atoms with Crippen LogP contribution in [0, 0.1) is 5.92 Å². The molecule has 0 radical (unpaired) electrons. The third-order valence-corrected chi connectivity index (χ3v) is 6.23. The molecule has 3 aromatic rings. The van der Waals surface area contributed by atoms with E-state index in [9.17, 15) is 4.79 Å². The lowest BCUT2D eigenvalue weighted by Gasteiger charge is -2.17. The van der Waals surface area contributed by atoms with Crippen LogP contribution in [0.2, 0.25) is 0 Å². The highest BCUT2D eigenvalue weighted by molar-refractivity contribution is 7.18. The molecule has 1 aliphatic carbocycles. The van der Waals surface area contributed by atoms with E-state index in [1.807, 2.05) is 0 Å². The lowest BCUT2D eigenvalue weighted by molar-refractivity contribution is 0.509. The summed E-state index contributed by atoms with van der Waals surface area (Å²) >= 11 is 1.71. The number of rotatable bonds is 3. The molecule has 0 aliphatic heterocycles. The maximum atomic E-state index is 13.0. The summed E-state index contributed by atoms with van der Waals surface area (Å²) in [5.41, 5.74) is 3.85. The predicted octanol–water partition coefficient (Wildman–Crippen LogP) is 4.19. The Labute approximate surface area is 146 Å². The fourth-order valence-electron chi connectivity index (χ4n) is 3.56. The van der Waals surface area contributed by atoms with E-state index in [0.717, 1.165) is 35.0 Å². The molecule has 0 fully saturated rings. The molecule has 2 heterocycles. The first-order valence-electron chi connectivity index (χ1n) is 8.73. The fraction of sp³-hybridized carbons (Fsp3) is 0.400. The van der Waals surface area contributed by atoms with Crippen molar-refractivity contribution in [3.63, 3.8) is 0 Å². The van der Waals surface area contributed by atoms with E-state index in [4.69, 9.17) is 0 Å². The van der Waals surface area contributed by atoms with Gasteiger partial charge >= 0.3 is 0 Å². The Morgan fingerprint density at radius 1 is 1.25 bits per heavy atom. The zero-order chi connectivity index (χ0) is 16.7. The summed E-state index contributed by atoms with van der Waals surface area (Å²) in [5, 5.41) is 0.870. The van der Waals surface area contributed by atoms with Gasteiger partial charge in [-0.25, -0.2) is 4.98 Å². The molecular formula is C20H22N2OS. The zero-order valence-electron chi connectivity index (χ0n) is 14.2. The highest BCUT2D eigenvalue weighted by atomic mass is 32.1. The van der Waals surface area contributed by atoms with Gasteiger partial charge in [0.1, 0.15) is 4.83 Å². The monoisotopic (exact) mass is 338 g/mol. The Morgan fingerprint density at radius 2 is 2.00 bits per heavy atom.